The number of rotatable bonds is 5. The van der Waals surface area contributed by atoms with Crippen LogP contribution >= 0.6 is 11.6 Å². The minimum atomic E-state index is -0.257. The zero-order chi connectivity index (χ0) is 17.7. The van der Waals surface area contributed by atoms with Crippen molar-refractivity contribution >= 4 is 23.2 Å². The van der Waals surface area contributed by atoms with E-state index in [4.69, 9.17) is 16.9 Å². The van der Waals surface area contributed by atoms with Crippen molar-refractivity contribution in [1.82, 2.24) is 4.90 Å². The molecule has 0 spiro atoms. The lowest BCUT2D eigenvalue weighted by molar-refractivity contribution is -0.121. The fourth-order valence-corrected chi connectivity index (χ4v) is 3.33. The van der Waals surface area contributed by atoms with Gasteiger partial charge in [-0.25, -0.2) is 0 Å². The molecule has 1 aliphatic rings. The Bertz CT molecular complexity index is 628. The summed E-state index contributed by atoms with van der Waals surface area (Å²) in [4.78, 5) is 14.6. The largest absolute Gasteiger partial charge is 0.396 e. The first-order chi connectivity index (χ1) is 11.4. The molecule has 0 radical (unpaired) electrons. The lowest BCUT2D eigenvalue weighted by Gasteiger charge is -2.42. The van der Waals surface area contributed by atoms with Gasteiger partial charge in [0.15, 0.2) is 0 Å². The van der Waals surface area contributed by atoms with E-state index in [2.05, 4.69) is 17.1 Å². The molecular formula is C18H24ClN3O2. The number of nitrogens with one attached hydrogen (secondary N) is 1. The van der Waals surface area contributed by atoms with Gasteiger partial charge in [0.1, 0.15) is 6.07 Å². The summed E-state index contributed by atoms with van der Waals surface area (Å²) in [5, 5.41) is 21.7. The lowest BCUT2D eigenvalue weighted by atomic mass is 9.76. The monoisotopic (exact) mass is 349 g/mol. The van der Waals surface area contributed by atoms with Crippen molar-refractivity contribution in [2.45, 2.75) is 39.2 Å². The molecule has 1 amide bonds. The SMILES string of the molecule is CCC1(CO)CCN(C(C)C(=O)Nc2ccc(C#N)c(Cl)c2)CC1. The first kappa shape index (κ1) is 18.7. The Kier molecular flexibility index (Phi) is 6.22. The molecule has 1 aromatic rings. The van der Waals surface area contributed by atoms with Crippen LogP contribution in [0.3, 0.4) is 0 Å². The van der Waals surface area contributed by atoms with Crippen LogP contribution in [0.15, 0.2) is 18.2 Å². The normalized spacial score (nSPS) is 18.6. The minimum absolute atomic E-state index is 0.00729. The molecule has 1 fully saturated rings. The summed E-state index contributed by atoms with van der Waals surface area (Å²) in [6.07, 6.45) is 2.77. The van der Waals surface area contributed by atoms with E-state index in [0.717, 1.165) is 32.4 Å². The second kappa shape index (κ2) is 7.98. The van der Waals surface area contributed by atoms with Crippen molar-refractivity contribution in [3.8, 4) is 6.07 Å². The third kappa shape index (κ3) is 4.07. The van der Waals surface area contributed by atoms with Gasteiger partial charge in [-0.1, -0.05) is 18.5 Å². The molecule has 0 bridgehead atoms. The van der Waals surface area contributed by atoms with Crippen molar-refractivity contribution in [2.75, 3.05) is 25.0 Å². The molecule has 1 aromatic carbocycles. The summed E-state index contributed by atoms with van der Waals surface area (Å²) >= 11 is 6.00. The van der Waals surface area contributed by atoms with Gasteiger partial charge in [-0.15, -0.1) is 0 Å². The average molecular weight is 350 g/mol. The van der Waals surface area contributed by atoms with Gasteiger partial charge >= 0.3 is 0 Å². The highest BCUT2D eigenvalue weighted by atomic mass is 35.5. The molecule has 130 valence electrons. The molecule has 1 unspecified atom stereocenters. The third-order valence-electron chi connectivity index (χ3n) is 5.23. The number of carbonyl (C=O) groups is 1. The Morgan fingerprint density at radius 3 is 2.67 bits per heavy atom. The Balaban J connectivity index is 1.96. The highest BCUT2D eigenvalue weighted by Gasteiger charge is 2.35. The molecule has 1 atom stereocenters. The number of nitrogens with zero attached hydrogens (tertiary/aromatic N) is 2. The number of nitriles is 1. The lowest BCUT2D eigenvalue weighted by Crippen LogP contribution is -2.49. The Morgan fingerprint density at radius 1 is 1.50 bits per heavy atom. The number of aliphatic hydroxyl groups is 1. The summed E-state index contributed by atoms with van der Waals surface area (Å²) < 4.78 is 0. The van der Waals surface area contributed by atoms with Gasteiger partial charge in [0.25, 0.3) is 0 Å². The molecule has 0 saturated carbocycles. The number of halogens is 1. The number of hydrogen-bond donors (Lipinski definition) is 2. The molecule has 1 aliphatic heterocycles. The van der Waals surface area contributed by atoms with E-state index in [-0.39, 0.29) is 24.0 Å². The first-order valence-corrected chi connectivity index (χ1v) is 8.68. The number of aliphatic hydroxyl groups excluding tert-OH is 1. The molecule has 2 N–H and O–H groups in total. The topological polar surface area (TPSA) is 76.4 Å². The van der Waals surface area contributed by atoms with Crippen LogP contribution in [0.4, 0.5) is 5.69 Å². The molecule has 1 saturated heterocycles. The van der Waals surface area contributed by atoms with Crippen LogP contribution in [0, 0.1) is 16.7 Å². The standard InChI is InChI=1S/C18H24ClN3O2/c1-3-18(12-23)6-8-22(9-7-18)13(2)17(24)21-15-5-4-14(11-20)16(19)10-15/h4-5,10,13,23H,3,6-9,12H2,1-2H3,(H,21,24). The van der Waals surface area contributed by atoms with Gasteiger partial charge in [0.05, 0.1) is 16.6 Å². The maximum absolute atomic E-state index is 12.5. The van der Waals surface area contributed by atoms with Gasteiger partial charge in [-0.3, -0.25) is 9.69 Å². The second-order valence-corrected chi connectivity index (χ2v) is 6.93. The molecule has 0 aliphatic carbocycles. The number of piperidine rings is 1. The van der Waals surface area contributed by atoms with E-state index in [1.54, 1.807) is 18.2 Å². The van der Waals surface area contributed by atoms with Crippen LogP contribution in [0.25, 0.3) is 0 Å². The van der Waals surface area contributed by atoms with E-state index in [9.17, 15) is 9.90 Å². The van der Waals surface area contributed by atoms with E-state index in [1.807, 2.05) is 13.0 Å². The zero-order valence-electron chi connectivity index (χ0n) is 14.2. The first-order valence-electron chi connectivity index (χ1n) is 8.30. The Hall–Kier alpha value is -1.61. The van der Waals surface area contributed by atoms with Gasteiger partial charge < -0.3 is 10.4 Å². The summed E-state index contributed by atoms with van der Waals surface area (Å²) in [6, 6.07) is 6.61. The molecule has 24 heavy (non-hydrogen) atoms. The van der Waals surface area contributed by atoms with E-state index < -0.39 is 0 Å². The Labute approximate surface area is 148 Å². The predicted molar refractivity (Wildman–Crippen MR) is 94.9 cm³/mol. The summed E-state index contributed by atoms with van der Waals surface area (Å²) in [7, 11) is 0. The van der Waals surface area contributed by atoms with Gasteiger partial charge in [-0.05, 0) is 62.9 Å². The van der Waals surface area contributed by atoms with Crippen LogP contribution in [0.5, 0.6) is 0 Å². The van der Waals surface area contributed by atoms with Gasteiger partial charge in [0.2, 0.25) is 5.91 Å². The fourth-order valence-electron chi connectivity index (χ4n) is 3.11. The van der Waals surface area contributed by atoms with E-state index in [1.165, 1.54) is 0 Å². The minimum Gasteiger partial charge on any atom is -0.396 e. The fraction of sp³-hybridized carbons (Fsp3) is 0.556. The van der Waals surface area contributed by atoms with Crippen LogP contribution in [0.2, 0.25) is 5.02 Å². The molecular weight excluding hydrogens is 326 g/mol. The maximum atomic E-state index is 12.5. The quantitative estimate of drug-likeness (QED) is 0.856. The summed E-state index contributed by atoms with van der Waals surface area (Å²) in [5.41, 5.74) is 0.984. The third-order valence-corrected chi connectivity index (χ3v) is 5.54. The van der Waals surface area contributed by atoms with Crippen LogP contribution in [-0.2, 0) is 4.79 Å². The molecule has 2 rings (SSSR count). The highest BCUT2D eigenvalue weighted by Crippen LogP contribution is 2.34. The van der Waals surface area contributed by atoms with Crippen molar-refractivity contribution in [3.05, 3.63) is 28.8 Å². The summed E-state index contributed by atoms with van der Waals surface area (Å²) in [5.74, 6) is -0.0937. The molecule has 1 heterocycles. The van der Waals surface area contributed by atoms with Crippen LogP contribution < -0.4 is 5.32 Å². The van der Waals surface area contributed by atoms with Gasteiger partial charge in [0, 0.05) is 12.3 Å². The van der Waals surface area contributed by atoms with Crippen molar-refractivity contribution in [1.29, 1.82) is 5.26 Å². The van der Waals surface area contributed by atoms with E-state index in [0.29, 0.717) is 16.3 Å². The number of amides is 1. The van der Waals surface area contributed by atoms with E-state index >= 15 is 0 Å². The number of anilines is 1. The molecule has 0 aromatic heterocycles. The average Bonchev–Trinajstić information content (AvgIpc) is 2.61. The van der Waals surface area contributed by atoms with Crippen molar-refractivity contribution in [2.24, 2.45) is 5.41 Å². The van der Waals surface area contributed by atoms with Crippen LogP contribution in [0.1, 0.15) is 38.7 Å². The number of carbonyl (C=O) groups excluding carboxylic acids is 1. The highest BCUT2D eigenvalue weighted by molar-refractivity contribution is 6.32. The van der Waals surface area contributed by atoms with Crippen LogP contribution in [-0.4, -0.2) is 41.7 Å². The summed E-state index contributed by atoms with van der Waals surface area (Å²) in [6.45, 7) is 5.81. The smallest absolute Gasteiger partial charge is 0.241 e. The second-order valence-electron chi connectivity index (χ2n) is 6.52. The molecule has 5 nitrogen and oxygen atoms in total. The number of benzene rings is 1. The molecule has 6 heteroatoms. The maximum Gasteiger partial charge on any atom is 0.241 e. The van der Waals surface area contributed by atoms with Crippen molar-refractivity contribution in [3.63, 3.8) is 0 Å². The number of likely N-dealkylation sites (tertiary alicyclic amines) is 1. The van der Waals surface area contributed by atoms with Gasteiger partial charge in [-0.2, -0.15) is 5.26 Å². The predicted octanol–water partition coefficient (Wildman–Crippen LogP) is 3.02. The number of hydrogen-bond acceptors (Lipinski definition) is 4. The van der Waals surface area contributed by atoms with Crippen molar-refractivity contribution < 1.29 is 9.90 Å². The Morgan fingerprint density at radius 2 is 2.17 bits per heavy atom. The zero-order valence-corrected chi connectivity index (χ0v) is 14.9.